The van der Waals surface area contributed by atoms with Crippen LogP contribution in [0.5, 0.6) is 0 Å². The summed E-state index contributed by atoms with van der Waals surface area (Å²) in [6, 6.07) is 0. The SMILES string of the molecule is Cn1ccnc1C(O)C1CCCN(Cc2cnc(C3CCC3)s2)C1. The molecule has 1 saturated carbocycles. The Morgan fingerprint density at radius 1 is 1.29 bits per heavy atom. The zero-order valence-corrected chi connectivity index (χ0v) is 15.1. The number of aliphatic hydroxyl groups excluding tert-OH is 1. The molecule has 5 nitrogen and oxygen atoms in total. The zero-order valence-electron chi connectivity index (χ0n) is 14.3. The second-order valence-electron chi connectivity index (χ2n) is 7.27. The number of aliphatic hydroxyl groups is 1. The topological polar surface area (TPSA) is 54.2 Å². The molecule has 130 valence electrons. The summed E-state index contributed by atoms with van der Waals surface area (Å²) in [6.45, 7) is 3.01. The van der Waals surface area contributed by atoms with Crippen LogP contribution in [0.3, 0.4) is 0 Å². The van der Waals surface area contributed by atoms with Gasteiger partial charge in [-0.3, -0.25) is 4.90 Å². The van der Waals surface area contributed by atoms with Crippen molar-refractivity contribution in [3.63, 3.8) is 0 Å². The van der Waals surface area contributed by atoms with Gasteiger partial charge in [-0.2, -0.15) is 0 Å². The van der Waals surface area contributed by atoms with Gasteiger partial charge in [-0.15, -0.1) is 11.3 Å². The van der Waals surface area contributed by atoms with Gasteiger partial charge in [0.05, 0.1) is 5.01 Å². The number of hydrogen-bond acceptors (Lipinski definition) is 5. The first kappa shape index (κ1) is 16.2. The van der Waals surface area contributed by atoms with E-state index in [-0.39, 0.29) is 5.92 Å². The number of aromatic nitrogens is 3. The fraction of sp³-hybridized carbons (Fsp3) is 0.667. The predicted octanol–water partition coefficient (Wildman–Crippen LogP) is 3.09. The third-order valence-electron chi connectivity index (χ3n) is 5.52. The predicted molar refractivity (Wildman–Crippen MR) is 94.9 cm³/mol. The van der Waals surface area contributed by atoms with Crippen LogP contribution >= 0.6 is 11.3 Å². The summed E-state index contributed by atoms with van der Waals surface area (Å²) in [5.41, 5.74) is 0. The second kappa shape index (κ2) is 6.94. The molecule has 2 aliphatic rings. The molecule has 2 atom stereocenters. The van der Waals surface area contributed by atoms with E-state index in [1.807, 2.05) is 29.1 Å². The fourth-order valence-electron chi connectivity index (χ4n) is 3.83. The lowest BCUT2D eigenvalue weighted by Crippen LogP contribution is -2.37. The quantitative estimate of drug-likeness (QED) is 0.904. The van der Waals surface area contributed by atoms with Crippen LogP contribution in [0.4, 0.5) is 0 Å². The first-order chi connectivity index (χ1) is 11.7. The molecular weight excluding hydrogens is 320 g/mol. The highest BCUT2D eigenvalue weighted by Gasteiger charge is 2.29. The summed E-state index contributed by atoms with van der Waals surface area (Å²) in [5, 5.41) is 12.0. The summed E-state index contributed by atoms with van der Waals surface area (Å²) < 4.78 is 1.93. The Kier molecular flexibility index (Phi) is 4.70. The molecule has 3 heterocycles. The van der Waals surface area contributed by atoms with Crippen LogP contribution < -0.4 is 0 Å². The molecule has 1 aliphatic carbocycles. The number of hydrogen-bond donors (Lipinski definition) is 1. The van der Waals surface area contributed by atoms with E-state index in [1.165, 1.54) is 29.1 Å². The number of rotatable bonds is 5. The van der Waals surface area contributed by atoms with Crippen molar-refractivity contribution in [3.05, 3.63) is 34.3 Å². The molecule has 24 heavy (non-hydrogen) atoms. The van der Waals surface area contributed by atoms with Crippen LogP contribution in [0, 0.1) is 5.92 Å². The first-order valence-electron chi connectivity index (χ1n) is 9.03. The molecule has 4 rings (SSSR count). The van der Waals surface area contributed by atoms with Crippen molar-refractivity contribution in [2.24, 2.45) is 13.0 Å². The Morgan fingerprint density at radius 2 is 2.17 bits per heavy atom. The van der Waals surface area contributed by atoms with Gasteiger partial charge in [-0.05, 0) is 32.2 Å². The number of nitrogens with zero attached hydrogens (tertiary/aromatic N) is 4. The van der Waals surface area contributed by atoms with Crippen LogP contribution in [-0.4, -0.2) is 37.6 Å². The Balaban J connectivity index is 1.38. The molecule has 1 N–H and O–H groups in total. The first-order valence-corrected chi connectivity index (χ1v) is 9.84. The Bertz CT molecular complexity index is 678. The molecule has 1 saturated heterocycles. The van der Waals surface area contributed by atoms with E-state index in [1.54, 1.807) is 6.20 Å². The smallest absolute Gasteiger partial charge is 0.137 e. The molecule has 1 aliphatic heterocycles. The van der Waals surface area contributed by atoms with Gasteiger partial charge in [-0.25, -0.2) is 9.97 Å². The Morgan fingerprint density at radius 3 is 2.88 bits per heavy atom. The van der Waals surface area contributed by atoms with Crippen molar-refractivity contribution in [3.8, 4) is 0 Å². The van der Waals surface area contributed by atoms with E-state index in [0.29, 0.717) is 0 Å². The molecule has 6 heteroatoms. The summed E-state index contributed by atoms with van der Waals surface area (Å²) in [5.74, 6) is 1.77. The summed E-state index contributed by atoms with van der Waals surface area (Å²) >= 11 is 1.89. The van der Waals surface area contributed by atoms with Gasteiger partial charge >= 0.3 is 0 Å². The van der Waals surface area contributed by atoms with Crippen molar-refractivity contribution in [2.75, 3.05) is 13.1 Å². The maximum atomic E-state index is 10.7. The molecule has 0 amide bonds. The lowest BCUT2D eigenvalue weighted by molar-refractivity contribution is 0.0408. The lowest BCUT2D eigenvalue weighted by Gasteiger charge is -2.34. The fourth-order valence-corrected chi connectivity index (χ4v) is 4.95. The van der Waals surface area contributed by atoms with Crippen molar-refractivity contribution in [1.29, 1.82) is 0 Å². The van der Waals surface area contributed by atoms with Crippen molar-refractivity contribution >= 4 is 11.3 Å². The maximum absolute atomic E-state index is 10.7. The summed E-state index contributed by atoms with van der Waals surface area (Å²) in [7, 11) is 1.95. The Hall–Kier alpha value is -1.24. The number of thiazole rings is 1. The summed E-state index contributed by atoms with van der Waals surface area (Å²) in [4.78, 5) is 12.8. The summed E-state index contributed by atoms with van der Waals surface area (Å²) in [6.07, 6.45) is 11.5. The average Bonchev–Trinajstić information content (AvgIpc) is 3.15. The van der Waals surface area contributed by atoms with Gasteiger partial charge in [0.15, 0.2) is 0 Å². The highest BCUT2D eigenvalue weighted by Crippen LogP contribution is 2.38. The molecule has 2 aromatic rings. The molecule has 2 unspecified atom stereocenters. The maximum Gasteiger partial charge on any atom is 0.137 e. The number of piperidine rings is 1. The van der Waals surface area contributed by atoms with E-state index in [0.717, 1.165) is 44.2 Å². The van der Waals surface area contributed by atoms with Gasteiger partial charge in [0.1, 0.15) is 11.9 Å². The zero-order chi connectivity index (χ0) is 16.5. The van der Waals surface area contributed by atoms with E-state index >= 15 is 0 Å². The minimum absolute atomic E-state index is 0.263. The van der Waals surface area contributed by atoms with Crippen LogP contribution in [0.25, 0.3) is 0 Å². The van der Waals surface area contributed by atoms with Crippen LogP contribution in [-0.2, 0) is 13.6 Å². The van der Waals surface area contributed by atoms with E-state index in [2.05, 4.69) is 21.1 Å². The van der Waals surface area contributed by atoms with Gasteiger partial charge in [0, 0.05) is 55.4 Å². The van der Waals surface area contributed by atoms with Gasteiger partial charge in [0.25, 0.3) is 0 Å². The monoisotopic (exact) mass is 346 g/mol. The molecule has 0 bridgehead atoms. The average molecular weight is 347 g/mol. The van der Waals surface area contributed by atoms with E-state index in [9.17, 15) is 5.11 Å². The normalized spacial score (nSPS) is 24.0. The third-order valence-corrected chi connectivity index (χ3v) is 6.66. The van der Waals surface area contributed by atoms with E-state index in [4.69, 9.17) is 0 Å². The van der Waals surface area contributed by atoms with Crippen molar-refractivity contribution in [1.82, 2.24) is 19.4 Å². The molecule has 0 radical (unpaired) electrons. The van der Waals surface area contributed by atoms with Crippen molar-refractivity contribution < 1.29 is 5.11 Å². The molecule has 2 fully saturated rings. The van der Waals surface area contributed by atoms with Crippen LogP contribution in [0.2, 0.25) is 0 Å². The third kappa shape index (κ3) is 3.27. The van der Waals surface area contributed by atoms with Gasteiger partial charge in [0.2, 0.25) is 0 Å². The van der Waals surface area contributed by atoms with Gasteiger partial charge < -0.3 is 9.67 Å². The number of aryl methyl sites for hydroxylation is 1. The Labute approximate surface area is 147 Å². The second-order valence-corrected chi connectivity index (χ2v) is 8.42. The largest absolute Gasteiger partial charge is 0.385 e. The van der Waals surface area contributed by atoms with Crippen LogP contribution in [0.1, 0.15) is 59.8 Å². The molecular formula is C18H26N4OS. The highest BCUT2D eigenvalue weighted by molar-refractivity contribution is 7.11. The lowest BCUT2D eigenvalue weighted by atomic mass is 9.86. The number of likely N-dealkylation sites (tertiary alicyclic amines) is 1. The van der Waals surface area contributed by atoms with E-state index < -0.39 is 6.10 Å². The standard InChI is InChI=1S/C18H26N4OS/c1-21-9-7-19-17(21)16(23)14-6-3-8-22(11-14)12-15-10-20-18(24-15)13-4-2-5-13/h7,9-10,13-14,16,23H,2-6,8,11-12H2,1H3. The molecule has 2 aromatic heterocycles. The minimum Gasteiger partial charge on any atom is -0.385 e. The minimum atomic E-state index is -0.472. The molecule has 0 aromatic carbocycles. The van der Waals surface area contributed by atoms with Crippen molar-refractivity contribution in [2.45, 2.75) is 50.7 Å². The van der Waals surface area contributed by atoms with Crippen LogP contribution in [0.15, 0.2) is 18.6 Å². The molecule has 0 spiro atoms. The van der Waals surface area contributed by atoms with Gasteiger partial charge in [-0.1, -0.05) is 6.42 Å². The highest BCUT2D eigenvalue weighted by atomic mass is 32.1. The number of imidazole rings is 1.